The van der Waals surface area contributed by atoms with Crippen LogP contribution in [0.5, 0.6) is 5.06 Å². The monoisotopic (exact) mass is 277 g/mol. The van der Waals surface area contributed by atoms with Crippen molar-refractivity contribution in [1.82, 2.24) is 5.32 Å². The molecule has 0 bridgehead atoms. The molecule has 0 radical (unpaired) electrons. The van der Waals surface area contributed by atoms with E-state index >= 15 is 0 Å². The lowest BCUT2D eigenvalue weighted by Gasteiger charge is -2.04. The predicted octanol–water partition coefficient (Wildman–Crippen LogP) is 3.26. The molecule has 1 heterocycles. The highest BCUT2D eigenvalue weighted by Gasteiger charge is 2.06. The van der Waals surface area contributed by atoms with E-state index in [0.29, 0.717) is 5.92 Å². The van der Waals surface area contributed by atoms with E-state index in [0.717, 1.165) is 22.6 Å². The molecule has 0 saturated heterocycles. The summed E-state index contributed by atoms with van der Waals surface area (Å²) in [5.41, 5.74) is 0. The van der Waals surface area contributed by atoms with Gasteiger partial charge in [-0.1, -0.05) is 13.8 Å². The van der Waals surface area contributed by atoms with Gasteiger partial charge in [-0.05, 0) is 34.5 Å². The first-order chi connectivity index (χ1) is 6.63. The van der Waals surface area contributed by atoms with Gasteiger partial charge in [0, 0.05) is 11.4 Å². The van der Waals surface area contributed by atoms with Crippen molar-refractivity contribution in [3.8, 4) is 5.06 Å². The van der Waals surface area contributed by atoms with Gasteiger partial charge in [-0.15, -0.1) is 11.3 Å². The maximum Gasteiger partial charge on any atom is 0.188 e. The van der Waals surface area contributed by atoms with Crippen molar-refractivity contribution in [3.05, 3.63) is 15.4 Å². The fraction of sp³-hybridized carbons (Fsp3) is 0.600. The zero-order valence-corrected chi connectivity index (χ0v) is 11.2. The molecule has 1 rings (SSSR count). The lowest BCUT2D eigenvalue weighted by atomic mass is 10.2. The summed E-state index contributed by atoms with van der Waals surface area (Å²) in [6.45, 7) is 6.39. The Morgan fingerprint density at radius 2 is 2.29 bits per heavy atom. The Morgan fingerprint density at radius 1 is 1.57 bits per heavy atom. The molecule has 2 nitrogen and oxygen atoms in total. The molecule has 4 heteroatoms. The maximum atomic E-state index is 5.20. The van der Waals surface area contributed by atoms with Crippen LogP contribution in [0.2, 0.25) is 0 Å². The molecule has 1 aromatic heterocycles. The van der Waals surface area contributed by atoms with Gasteiger partial charge in [-0.2, -0.15) is 0 Å². The number of rotatable bonds is 5. The van der Waals surface area contributed by atoms with Gasteiger partial charge in [-0.25, -0.2) is 0 Å². The summed E-state index contributed by atoms with van der Waals surface area (Å²) < 4.78 is 6.24. The molecule has 0 spiro atoms. The minimum Gasteiger partial charge on any atom is -0.486 e. The second kappa shape index (κ2) is 5.73. The van der Waals surface area contributed by atoms with Crippen LogP contribution in [0.4, 0.5) is 0 Å². The molecule has 0 aromatic carbocycles. The van der Waals surface area contributed by atoms with E-state index < -0.39 is 0 Å². The highest BCUT2D eigenvalue weighted by molar-refractivity contribution is 9.10. The predicted molar refractivity (Wildman–Crippen MR) is 65.1 cm³/mol. The van der Waals surface area contributed by atoms with Crippen LogP contribution in [0.25, 0.3) is 0 Å². The lowest BCUT2D eigenvalue weighted by Crippen LogP contribution is -2.18. The summed E-state index contributed by atoms with van der Waals surface area (Å²) in [5, 5.41) is 4.35. The van der Waals surface area contributed by atoms with E-state index in [1.807, 2.05) is 0 Å². The van der Waals surface area contributed by atoms with E-state index in [2.05, 4.69) is 41.2 Å². The largest absolute Gasteiger partial charge is 0.486 e. The Labute approximate surface area is 97.8 Å². The number of hydrogen-bond acceptors (Lipinski definition) is 3. The second-order valence-electron chi connectivity index (χ2n) is 3.58. The number of halogens is 1. The topological polar surface area (TPSA) is 21.3 Å². The lowest BCUT2D eigenvalue weighted by molar-refractivity contribution is 0.425. The Morgan fingerprint density at radius 3 is 2.79 bits per heavy atom. The number of hydrogen-bond donors (Lipinski definition) is 1. The highest BCUT2D eigenvalue weighted by atomic mass is 79.9. The average molecular weight is 278 g/mol. The summed E-state index contributed by atoms with van der Waals surface area (Å²) >= 11 is 5.14. The fourth-order valence-corrected chi connectivity index (χ4v) is 2.77. The Kier molecular flexibility index (Phi) is 4.92. The van der Waals surface area contributed by atoms with E-state index in [1.165, 1.54) is 4.88 Å². The van der Waals surface area contributed by atoms with Crippen LogP contribution in [0.1, 0.15) is 18.7 Å². The molecule has 80 valence electrons. The van der Waals surface area contributed by atoms with Crippen molar-refractivity contribution in [1.29, 1.82) is 0 Å². The molecule has 0 atom stereocenters. The van der Waals surface area contributed by atoms with Gasteiger partial charge in [0.05, 0.1) is 11.6 Å². The highest BCUT2D eigenvalue weighted by Crippen LogP contribution is 2.34. The molecule has 1 aromatic rings. The van der Waals surface area contributed by atoms with Crippen molar-refractivity contribution in [3.63, 3.8) is 0 Å². The van der Waals surface area contributed by atoms with Crippen molar-refractivity contribution in [2.24, 2.45) is 5.92 Å². The summed E-state index contributed by atoms with van der Waals surface area (Å²) in [6, 6.07) is 2.11. The van der Waals surface area contributed by atoms with Crippen molar-refractivity contribution in [2.75, 3.05) is 13.7 Å². The van der Waals surface area contributed by atoms with Crippen LogP contribution in [0, 0.1) is 5.92 Å². The summed E-state index contributed by atoms with van der Waals surface area (Å²) in [7, 11) is 1.70. The number of thiophene rings is 1. The van der Waals surface area contributed by atoms with E-state index in [9.17, 15) is 0 Å². The normalized spacial score (nSPS) is 10.9. The number of nitrogens with one attached hydrogen (secondary N) is 1. The van der Waals surface area contributed by atoms with Crippen LogP contribution in [0.15, 0.2) is 10.5 Å². The Hall–Kier alpha value is -0.0600. The summed E-state index contributed by atoms with van der Waals surface area (Å²) in [6.07, 6.45) is 0. The molecule has 1 N–H and O–H groups in total. The zero-order valence-electron chi connectivity index (χ0n) is 8.76. The maximum absolute atomic E-state index is 5.20. The number of methoxy groups -OCH3 is 1. The first-order valence-electron chi connectivity index (χ1n) is 4.66. The van der Waals surface area contributed by atoms with Gasteiger partial charge in [-0.3, -0.25) is 0 Å². The standard InChI is InChI=1S/C10H16BrNOS/c1-7(2)5-12-6-8-4-9(11)10(13-3)14-8/h4,7,12H,5-6H2,1-3H3. The first-order valence-corrected chi connectivity index (χ1v) is 6.27. The molecule has 0 aliphatic heterocycles. The third kappa shape index (κ3) is 3.59. The van der Waals surface area contributed by atoms with Crippen LogP contribution >= 0.6 is 27.3 Å². The van der Waals surface area contributed by atoms with Gasteiger partial charge >= 0.3 is 0 Å². The smallest absolute Gasteiger partial charge is 0.188 e. The van der Waals surface area contributed by atoms with Gasteiger partial charge in [0.2, 0.25) is 0 Å². The van der Waals surface area contributed by atoms with Gasteiger partial charge < -0.3 is 10.1 Å². The minimum absolute atomic E-state index is 0.695. The molecule has 0 unspecified atom stereocenters. The molecular weight excluding hydrogens is 262 g/mol. The molecule has 0 aliphatic rings. The van der Waals surface area contributed by atoms with Crippen molar-refractivity contribution in [2.45, 2.75) is 20.4 Å². The third-order valence-corrected chi connectivity index (χ3v) is 3.69. The molecule has 0 saturated carbocycles. The molecule has 0 fully saturated rings. The van der Waals surface area contributed by atoms with E-state index in [1.54, 1.807) is 18.4 Å². The van der Waals surface area contributed by atoms with Crippen LogP contribution in [0.3, 0.4) is 0 Å². The van der Waals surface area contributed by atoms with Crippen LogP contribution in [-0.2, 0) is 6.54 Å². The van der Waals surface area contributed by atoms with Gasteiger partial charge in [0.15, 0.2) is 5.06 Å². The molecule has 14 heavy (non-hydrogen) atoms. The van der Waals surface area contributed by atoms with Gasteiger partial charge in [0.1, 0.15) is 0 Å². The van der Waals surface area contributed by atoms with Crippen molar-refractivity contribution >= 4 is 27.3 Å². The fourth-order valence-electron chi connectivity index (χ4n) is 1.11. The number of ether oxygens (including phenoxy) is 1. The van der Waals surface area contributed by atoms with E-state index in [-0.39, 0.29) is 0 Å². The summed E-state index contributed by atoms with van der Waals surface area (Å²) in [5.74, 6) is 0.695. The van der Waals surface area contributed by atoms with Crippen LogP contribution in [-0.4, -0.2) is 13.7 Å². The molecule has 0 aliphatic carbocycles. The summed E-state index contributed by atoms with van der Waals surface area (Å²) in [4.78, 5) is 1.30. The first kappa shape index (κ1) is 12.0. The minimum atomic E-state index is 0.695. The zero-order chi connectivity index (χ0) is 10.6. The van der Waals surface area contributed by atoms with E-state index in [4.69, 9.17) is 4.74 Å². The third-order valence-electron chi connectivity index (χ3n) is 1.74. The Balaban J connectivity index is 2.43. The quantitative estimate of drug-likeness (QED) is 0.892. The molecule has 0 amide bonds. The van der Waals surface area contributed by atoms with Gasteiger partial charge in [0.25, 0.3) is 0 Å². The SMILES string of the molecule is COc1sc(CNCC(C)C)cc1Br. The van der Waals surface area contributed by atoms with Crippen molar-refractivity contribution < 1.29 is 4.74 Å². The second-order valence-corrected chi connectivity index (χ2v) is 5.53. The Bertz CT molecular complexity index is 286. The van der Waals surface area contributed by atoms with Crippen LogP contribution < -0.4 is 10.1 Å². The molecular formula is C10H16BrNOS. The average Bonchev–Trinajstić information content (AvgIpc) is 2.45.